The monoisotopic (exact) mass is 258 g/mol. The van der Waals surface area contributed by atoms with Gasteiger partial charge in [-0.1, -0.05) is 12.1 Å². The third-order valence-electron chi connectivity index (χ3n) is 2.94. The molecule has 0 saturated carbocycles. The fourth-order valence-electron chi connectivity index (χ4n) is 2.03. The minimum atomic E-state index is -4.31. The predicted molar refractivity (Wildman–Crippen MR) is 60.1 cm³/mol. The first-order valence-electron chi connectivity index (χ1n) is 5.60. The molecule has 0 fully saturated rings. The molecule has 0 aliphatic carbocycles. The van der Waals surface area contributed by atoms with Crippen LogP contribution in [0.1, 0.15) is 33.9 Å². The van der Waals surface area contributed by atoms with Crippen LogP contribution in [0.15, 0.2) is 18.2 Å². The number of amides is 1. The molecule has 0 aromatic heterocycles. The van der Waals surface area contributed by atoms with Crippen molar-refractivity contribution in [2.75, 3.05) is 6.54 Å². The molecule has 1 amide bonds. The smallest absolute Gasteiger partial charge is 0.352 e. The highest BCUT2D eigenvalue weighted by Crippen LogP contribution is 2.29. The van der Waals surface area contributed by atoms with Crippen molar-refractivity contribution < 1.29 is 18.0 Å². The van der Waals surface area contributed by atoms with Gasteiger partial charge in [-0.15, -0.1) is 0 Å². The standard InChI is InChI=1S/C12H13F3N2O/c13-12(14,15)6-10(16)8-2-1-7-3-4-17-11(18)9(7)5-8/h1-2,5,10H,3-4,6,16H2,(H,17,18). The molecule has 98 valence electrons. The zero-order valence-corrected chi connectivity index (χ0v) is 9.55. The van der Waals surface area contributed by atoms with Crippen molar-refractivity contribution >= 4 is 5.91 Å². The van der Waals surface area contributed by atoms with Gasteiger partial charge in [-0.05, 0) is 23.6 Å². The molecule has 2 rings (SSSR count). The number of fused-ring (bicyclic) bond motifs is 1. The van der Waals surface area contributed by atoms with E-state index in [1.165, 1.54) is 6.07 Å². The van der Waals surface area contributed by atoms with Gasteiger partial charge < -0.3 is 11.1 Å². The van der Waals surface area contributed by atoms with E-state index in [2.05, 4.69) is 5.32 Å². The zero-order chi connectivity index (χ0) is 13.3. The molecule has 1 heterocycles. The molecular formula is C12H13F3N2O. The summed E-state index contributed by atoms with van der Waals surface area (Å²) in [4.78, 5) is 11.6. The Labute approximate surface area is 102 Å². The summed E-state index contributed by atoms with van der Waals surface area (Å²) >= 11 is 0. The first-order valence-corrected chi connectivity index (χ1v) is 5.60. The van der Waals surface area contributed by atoms with E-state index in [9.17, 15) is 18.0 Å². The number of rotatable bonds is 2. The lowest BCUT2D eigenvalue weighted by atomic mass is 9.94. The van der Waals surface area contributed by atoms with Crippen LogP contribution in [-0.2, 0) is 6.42 Å². The van der Waals surface area contributed by atoms with Crippen LogP contribution in [0, 0.1) is 0 Å². The van der Waals surface area contributed by atoms with Crippen LogP contribution in [0.5, 0.6) is 0 Å². The molecule has 0 saturated heterocycles. The highest BCUT2D eigenvalue weighted by atomic mass is 19.4. The van der Waals surface area contributed by atoms with Crippen molar-refractivity contribution in [1.29, 1.82) is 0 Å². The van der Waals surface area contributed by atoms with E-state index in [1.54, 1.807) is 12.1 Å². The number of benzene rings is 1. The second-order valence-electron chi connectivity index (χ2n) is 4.35. The summed E-state index contributed by atoms with van der Waals surface area (Å²) in [5.41, 5.74) is 7.12. The second kappa shape index (κ2) is 4.61. The van der Waals surface area contributed by atoms with Gasteiger partial charge >= 0.3 is 6.18 Å². The lowest BCUT2D eigenvalue weighted by Gasteiger charge is -2.20. The Hall–Kier alpha value is -1.56. The maximum absolute atomic E-state index is 12.2. The van der Waals surface area contributed by atoms with Crippen molar-refractivity contribution in [1.82, 2.24) is 5.32 Å². The summed E-state index contributed by atoms with van der Waals surface area (Å²) in [5, 5.41) is 2.65. The molecule has 1 unspecified atom stereocenters. The highest BCUT2D eigenvalue weighted by Gasteiger charge is 2.31. The number of hydrogen-bond acceptors (Lipinski definition) is 2. The molecular weight excluding hydrogens is 245 g/mol. The normalized spacial score (nSPS) is 17.0. The van der Waals surface area contributed by atoms with Crippen LogP contribution >= 0.6 is 0 Å². The summed E-state index contributed by atoms with van der Waals surface area (Å²) in [6, 6.07) is 3.57. The van der Waals surface area contributed by atoms with Gasteiger partial charge in [-0.25, -0.2) is 0 Å². The Morgan fingerprint density at radius 1 is 1.39 bits per heavy atom. The number of carbonyl (C=O) groups is 1. The predicted octanol–water partition coefficient (Wildman–Crippen LogP) is 1.92. The Morgan fingerprint density at radius 3 is 2.78 bits per heavy atom. The maximum Gasteiger partial charge on any atom is 0.390 e. The number of nitrogens with two attached hydrogens (primary N) is 1. The van der Waals surface area contributed by atoms with Crippen LogP contribution < -0.4 is 11.1 Å². The van der Waals surface area contributed by atoms with E-state index >= 15 is 0 Å². The fraction of sp³-hybridized carbons (Fsp3) is 0.417. The third kappa shape index (κ3) is 2.81. The molecule has 3 nitrogen and oxygen atoms in total. The van der Waals surface area contributed by atoms with Crippen molar-refractivity contribution in [3.05, 3.63) is 34.9 Å². The lowest BCUT2D eigenvalue weighted by Crippen LogP contribution is -2.32. The molecule has 1 aromatic rings. The number of halogens is 3. The summed E-state index contributed by atoms with van der Waals surface area (Å²) in [7, 11) is 0. The quantitative estimate of drug-likeness (QED) is 0.851. The van der Waals surface area contributed by atoms with E-state index in [4.69, 9.17) is 5.73 Å². The van der Waals surface area contributed by atoms with E-state index in [1.807, 2.05) is 0 Å². The van der Waals surface area contributed by atoms with E-state index in [-0.39, 0.29) is 5.91 Å². The molecule has 1 aromatic carbocycles. The molecule has 0 spiro atoms. The Balaban J connectivity index is 2.25. The van der Waals surface area contributed by atoms with Gasteiger partial charge in [0, 0.05) is 18.2 Å². The van der Waals surface area contributed by atoms with Gasteiger partial charge in [0.25, 0.3) is 5.91 Å². The van der Waals surface area contributed by atoms with E-state index in [0.717, 1.165) is 5.56 Å². The zero-order valence-electron chi connectivity index (χ0n) is 9.55. The van der Waals surface area contributed by atoms with Gasteiger partial charge in [0.1, 0.15) is 0 Å². The summed E-state index contributed by atoms with van der Waals surface area (Å²) in [6.07, 6.45) is -4.71. The third-order valence-corrected chi connectivity index (χ3v) is 2.94. The van der Waals surface area contributed by atoms with Crippen molar-refractivity contribution in [3.8, 4) is 0 Å². The van der Waals surface area contributed by atoms with Gasteiger partial charge in [0.2, 0.25) is 0 Å². The van der Waals surface area contributed by atoms with Gasteiger partial charge in [0.15, 0.2) is 0 Å². The molecule has 0 bridgehead atoms. The Kier molecular flexibility index (Phi) is 3.30. The number of alkyl halides is 3. The SMILES string of the molecule is NC(CC(F)(F)F)c1ccc2c(c1)C(=O)NCC2. The minimum Gasteiger partial charge on any atom is -0.352 e. The number of carbonyl (C=O) groups excluding carboxylic acids is 1. The topological polar surface area (TPSA) is 55.1 Å². The van der Waals surface area contributed by atoms with Crippen LogP contribution in [0.25, 0.3) is 0 Å². The lowest BCUT2D eigenvalue weighted by molar-refractivity contribution is -0.138. The summed E-state index contributed by atoms with van der Waals surface area (Å²) < 4.78 is 36.7. The average molecular weight is 258 g/mol. The average Bonchev–Trinajstić information content (AvgIpc) is 2.27. The molecule has 1 aliphatic heterocycles. The van der Waals surface area contributed by atoms with Gasteiger partial charge in [0.05, 0.1) is 6.42 Å². The van der Waals surface area contributed by atoms with Crippen LogP contribution in [-0.4, -0.2) is 18.6 Å². The van der Waals surface area contributed by atoms with Gasteiger partial charge in [-0.2, -0.15) is 13.2 Å². The van der Waals surface area contributed by atoms with Crippen molar-refractivity contribution in [2.45, 2.75) is 25.1 Å². The van der Waals surface area contributed by atoms with E-state index < -0.39 is 18.6 Å². The molecule has 18 heavy (non-hydrogen) atoms. The first kappa shape index (κ1) is 12.9. The molecule has 6 heteroatoms. The number of hydrogen-bond donors (Lipinski definition) is 2. The number of nitrogens with one attached hydrogen (secondary N) is 1. The first-order chi connectivity index (χ1) is 8.37. The molecule has 0 radical (unpaired) electrons. The minimum absolute atomic E-state index is 0.252. The fourth-order valence-corrected chi connectivity index (χ4v) is 2.03. The molecule has 1 aliphatic rings. The van der Waals surface area contributed by atoms with Crippen LogP contribution in [0.4, 0.5) is 13.2 Å². The summed E-state index contributed by atoms with van der Waals surface area (Å²) in [5.74, 6) is -0.252. The van der Waals surface area contributed by atoms with Gasteiger partial charge in [-0.3, -0.25) is 4.79 Å². The highest BCUT2D eigenvalue weighted by molar-refractivity contribution is 5.96. The molecule has 1 atom stereocenters. The largest absolute Gasteiger partial charge is 0.390 e. The Morgan fingerprint density at radius 2 is 2.11 bits per heavy atom. The molecule has 3 N–H and O–H groups in total. The summed E-state index contributed by atoms with van der Waals surface area (Å²) in [6.45, 7) is 0.555. The van der Waals surface area contributed by atoms with Crippen LogP contribution in [0.2, 0.25) is 0 Å². The second-order valence-corrected chi connectivity index (χ2v) is 4.35. The van der Waals surface area contributed by atoms with E-state index in [0.29, 0.717) is 24.1 Å². The van der Waals surface area contributed by atoms with Crippen LogP contribution in [0.3, 0.4) is 0 Å². The maximum atomic E-state index is 12.2. The Bertz CT molecular complexity index is 471. The van der Waals surface area contributed by atoms with Crippen molar-refractivity contribution in [2.24, 2.45) is 5.73 Å². The van der Waals surface area contributed by atoms with Crippen molar-refractivity contribution in [3.63, 3.8) is 0 Å².